The number of hydrogen-bond acceptors (Lipinski definition) is 10. The van der Waals surface area contributed by atoms with E-state index in [4.69, 9.17) is 55.6 Å². The summed E-state index contributed by atoms with van der Waals surface area (Å²) in [4.78, 5) is 0. The fourth-order valence-electron chi connectivity index (χ4n) is 14.3. The first kappa shape index (κ1) is 71.8. The maximum Gasteiger partial charge on any atom is 0.368 e. The Bertz CT molecular complexity index is 4690. The van der Waals surface area contributed by atoms with Gasteiger partial charge in [-0.3, -0.25) is 0 Å². The SMILES string of the molecule is C(=CCC1=C2OC(c3ccccc3)=CC(c3ccccc3)=C2CCC1)=C1CCCc2c(-c3ccccc3)cc(-c3ccccc3)[o+]c21.C(=CCC1=C2OC(c3ccccc3)=CC(c3ccccc3)=C2CCC1)=C1CCCc2c(-c3ccccc3)cc(-c3ccccc3)[o+]c21.[O-][Cl+3]([O-])([O-])[O-].[O-][Cl+3]([O-])([O-])[O-]. The quantitative estimate of drug-likeness (QED) is 0.0822. The van der Waals surface area contributed by atoms with Crippen molar-refractivity contribution in [3.8, 4) is 44.9 Å². The first-order valence-electron chi connectivity index (χ1n) is 34.9. The molecule has 0 saturated heterocycles. The number of hydrogen-bond donors (Lipinski definition) is 0. The molecule has 520 valence electrons. The summed E-state index contributed by atoms with van der Waals surface area (Å²) in [5.74, 6) is 7.64. The molecule has 4 heterocycles. The molecule has 4 aliphatic carbocycles. The van der Waals surface area contributed by atoms with Gasteiger partial charge < -0.3 is 9.47 Å². The molecule has 0 fully saturated rings. The maximum absolute atomic E-state index is 8.49. The molecule has 0 N–H and O–H groups in total. The fourth-order valence-corrected chi connectivity index (χ4v) is 14.3. The lowest BCUT2D eigenvalue weighted by atomic mass is 9.84. The molecule has 10 aromatic rings. The average Bonchev–Trinajstić information content (AvgIpc) is 0.791. The van der Waals surface area contributed by atoms with E-state index in [0.29, 0.717) is 0 Å². The smallest absolute Gasteiger partial charge is 0.368 e. The van der Waals surface area contributed by atoms with E-state index >= 15 is 0 Å². The number of rotatable bonds is 12. The molecule has 14 heteroatoms. The number of benzene rings is 8. The summed E-state index contributed by atoms with van der Waals surface area (Å²) in [5.41, 5.74) is 32.0. The van der Waals surface area contributed by atoms with Crippen molar-refractivity contribution in [3.63, 3.8) is 0 Å². The molecule has 0 atom stereocenters. The van der Waals surface area contributed by atoms with Gasteiger partial charge in [-0.15, -0.1) is 31.9 Å². The summed E-state index contributed by atoms with van der Waals surface area (Å²) in [6.07, 6.45) is 22.9. The molecule has 2 aliphatic heterocycles. The molecule has 8 aromatic carbocycles. The molecule has 6 aliphatic rings. The van der Waals surface area contributed by atoms with Crippen LogP contribution in [0.5, 0.6) is 0 Å². The summed E-state index contributed by atoms with van der Waals surface area (Å²) in [6.45, 7) is 0. The van der Waals surface area contributed by atoms with Crippen LogP contribution in [0.15, 0.2) is 333 Å². The molecule has 0 saturated carbocycles. The zero-order chi connectivity index (χ0) is 71.8. The van der Waals surface area contributed by atoms with Gasteiger partial charge in [0.2, 0.25) is 0 Å². The third kappa shape index (κ3) is 18.4. The van der Waals surface area contributed by atoms with Gasteiger partial charge in [0.05, 0.1) is 45.5 Å². The highest BCUT2D eigenvalue weighted by molar-refractivity contribution is 5.90. The normalized spacial score (nSPS) is 15.3. The van der Waals surface area contributed by atoms with E-state index in [1.165, 1.54) is 77.9 Å². The predicted molar refractivity (Wildman–Crippen MR) is 386 cm³/mol. The molecular weight excluding hydrogens is 1340 g/mol. The minimum atomic E-state index is -4.94. The Morgan fingerprint density at radius 3 is 0.923 bits per heavy atom. The maximum atomic E-state index is 8.49. The second kappa shape index (κ2) is 33.7. The van der Waals surface area contributed by atoms with Gasteiger partial charge in [0.15, 0.2) is 0 Å². The van der Waals surface area contributed by atoms with Gasteiger partial charge in [-0.1, -0.05) is 218 Å². The Hall–Kier alpha value is -10.6. The van der Waals surface area contributed by atoms with E-state index < -0.39 is 20.5 Å². The van der Waals surface area contributed by atoms with E-state index in [2.05, 4.69) is 278 Å². The highest BCUT2D eigenvalue weighted by atomic mass is 35.7. The first-order chi connectivity index (χ1) is 50.6. The Morgan fingerprint density at radius 1 is 0.327 bits per heavy atom. The minimum absolute atomic E-state index is 0.797. The summed E-state index contributed by atoms with van der Waals surface area (Å²) in [7, 11) is -9.89. The largest absolute Gasteiger partial charge is 0.456 e. The Balaban J connectivity index is 0.000000164. The lowest BCUT2D eigenvalue weighted by molar-refractivity contribution is -2.00. The highest BCUT2D eigenvalue weighted by Crippen LogP contribution is 2.48. The molecule has 104 heavy (non-hydrogen) atoms. The van der Waals surface area contributed by atoms with Crippen molar-refractivity contribution < 1.29 is 76.1 Å². The van der Waals surface area contributed by atoms with Gasteiger partial charge in [-0.2, -0.15) is 0 Å². The molecule has 12 nitrogen and oxygen atoms in total. The van der Waals surface area contributed by atoms with E-state index in [1.807, 2.05) is 12.1 Å². The standard InChI is InChI=1S/2C45H37O2.2ClHO4/c2*1-5-16-32(17-6-1)40-30-42(34-20-9-3-10-21-34)46-44-36(26-14-28-38(40)44)24-13-25-37-27-15-29-39-41(33-18-7-2-8-19-33)31-43(47-45(37)39)35-22-11-4-12-23-35;2*2-1(3,4)5/h2*1-13,16-23,30-31H,14-15,24,26-29H2;2*(H,2,3,4,5)/q2*+1;;/p-2. The van der Waals surface area contributed by atoms with Crippen molar-refractivity contribution in [1.29, 1.82) is 0 Å². The average molecular weight is 1420 g/mol. The van der Waals surface area contributed by atoms with Crippen molar-refractivity contribution in [3.05, 3.63) is 369 Å². The Kier molecular flexibility index (Phi) is 23.2. The van der Waals surface area contributed by atoms with E-state index in [0.717, 1.165) is 169 Å². The lowest BCUT2D eigenvalue weighted by Gasteiger charge is -2.29. The van der Waals surface area contributed by atoms with Crippen LogP contribution in [-0.4, -0.2) is 0 Å². The van der Waals surface area contributed by atoms with Crippen molar-refractivity contribution in [2.24, 2.45) is 0 Å². The molecule has 0 radical (unpaired) electrons. The van der Waals surface area contributed by atoms with Crippen LogP contribution in [0.25, 0.3) is 78.7 Å². The topological polar surface area (TPSA) is 226 Å². The number of allylic oxidation sites excluding steroid dienone is 10. The van der Waals surface area contributed by atoms with Crippen LogP contribution in [0.2, 0.25) is 0 Å². The predicted octanol–water partition coefficient (Wildman–Crippen LogP) is 14.7. The van der Waals surface area contributed by atoms with Crippen LogP contribution in [0.3, 0.4) is 0 Å². The zero-order valence-electron chi connectivity index (χ0n) is 57.1. The van der Waals surface area contributed by atoms with E-state index in [1.54, 1.807) is 0 Å². The van der Waals surface area contributed by atoms with E-state index in [9.17, 15) is 0 Å². The lowest BCUT2D eigenvalue weighted by Crippen LogP contribution is -2.68. The summed E-state index contributed by atoms with van der Waals surface area (Å²) < 4.78 is 95.0. The third-order valence-electron chi connectivity index (χ3n) is 18.9. The molecule has 0 bridgehead atoms. The monoisotopic (exact) mass is 1420 g/mol. The van der Waals surface area contributed by atoms with Crippen molar-refractivity contribution in [2.45, 2.75) is 89.9 Å². The molecule has 0 unspecified atom stereocenters. The van der Waals surface area contributed by atoms with Gasteiger partial charge >= 0.3 is 23.0 Å². The molecular formula is C90H74Cl2O12. The molecule has 0 amide bonds. The molecule has 16 rings (SSSR count). The molecule has 0 spiro atoms. The van der Waals surface area contributed by atoms with Crippen LogP contribution in [0.4, 0.5) is 0 Å². The second-order valence-corrected chi connectivity index (χ2v) is 27.2. The highest BCUT2D eigenvalue weighted by Gasteiger charge is 2.35. The second-order valence-electron chi connectivity index (χ2n) is 25.7. The van der Waals surface area contributed by atoms with Crippen molar-refractivity contribution >= 4 is 33.8 Å². The number of fused-ring (bicyclic) bond motifs is 4. The summed E-state index contributed by atoms with van der Waals surface area (Å²) in [6, 6.07) is 89.1. The van der Waals surface area contributed by atoms with Crippen LogP contribution in [0.1, 0.15) is 122 Å². The van der Waals surface area contributed by atoms with Gasteiger partial charge in [0.1, 0.15) is 23.0 Å². The number of ether oxygens (including phenoxy) is 2. The Labute approximate surface area is 610 Å². The number of halogens is 2. The van der Waals surface area contributed by atoms with Gasteiger partial charge in [-0.05, 0) is 183 Å². The van der Waals surface area contributed by atoms with Crippen molar-refractivity contribution in [2.75, 3.05) is 0 Å². The van der Waals surface area contributed by atoms with Crippen LogP contribution < -0.4 is 37.3 Å². The fraction of sp³-hybridized carbons (Fsp3) is 0.156. The third-order valence-corrected chi connectivity index (χ3v) is 18.9. The van der Waals surface area contributed by atoms with Gasteiger partial charge in [0.25, 0.3) is 0 Å². The minimum Gasteiger partial charge on any atom is -0.456 e. The van der Waals surface area contributed by atoms with Crippen molar-refractivity contribution in [1.82, 2.24) is 0 Å². The zero-order valence-corrected chi connectivity index (χ0v) is 58.6. The van der Waals surface area contributed by atoms with Crippen LogP contribution >= 0.6 is 0 Å². The molecule has 2 aromatic heterocycles. The van der Waals surface area contributed by atoms with Gasteiger partial charge in [-0.25, -0.2) is 46.1 Å². The van der Waals surface area contributed by atoms with E-state index in [-0.39, 0.29) is 0 Å². The van der Waals surface area contributed by atoms with Crippen LogP contribution in [0, 0.1) is 20.5 Å². The first-order valence-corrected chi connectivity index (χ1v) is 37.4. The summed E-state index contributed by atoms with van der Waals surface area (Å²) in [5, 5.41) is 0. The van der Waals surface area contributed by atoms with Gasteiger partial charge in [0, 0.05) is 33.4 Å². The summed E-state index contributed by atoms with van der Waals surface area (Å²) >= 11 is 0. The van der Waals surface area contributed by atoms with Crippen LogP contribution in [-0.2, 0) is 22.3 Å². The Morgan fingerprint density at radius 2 is 0.606 bits per heavy atom.